The Hall–Kier alpha value is -1.75. The van der Waals surface area contributed by atoms with E-state index in [2.05, 4.69) is 16.5 Å². The van der Waals surface area contributed by atoms with Crippen LogP contribution in [0, 0.1) is 13.8 Å². The third-order valence-electron chi connectivity index (χ3n) is 2.55. The van der Waals surface area contributed by atoms with E-state index in [0.29, 0.717) is 5.88 Å². The number of anilines is 1. The van der Waals surface area contributed by atoms with Crippen molar-refractivity contribution in [2.75, 3.05) is 5.32 Å². The van der Waals surface area contributed by atoms with Crippen LogP contribution in [0.4, 0.5) is 5.88 Å². The summed E-state index contributed by atoms with van der Waals surface area (Å²) in [5.74, 6) is 0.293. The fraction of sp³-hybridized carbons (Fsp3) is 0.286. The molecule has 4 nitrogen and oxygen atoms in total. The van der Waals surface area contributed by atoms with Crippen LogP contribution in [0.5, 0.6) is 0 Å². The molecule has 0 radical (unpaired) electrons. The van der Waals surface area contributed by atoms with Gasteiger partial charge in [-0.25, -0.2) is 0 Å². The Morgan fingerprint density at radius 1 is 1.37 bits per heavy atom. The number of aryl methyl sites for hydroxylation is 2. The second kappa shape index (κ2) is 5.93. The summed E-state index contributed by atoms with van der Waals surface area (Å²) < 4.78 is 4.96. The Labute approximate surface area is 116 Å². The van der Waals surface area contributed by atoms with Crippen LogP contribution in [-0.4, -0.2) is 16.3 Å². The van der Waals surface area contributed by atoms with Crippen molar-refractivity contribution in [2.24, 2.45) is 0 Å². The number of benzene rings is 1. The smallest absolute Gasteiger partial charge is 0.239 e. The number of hydrogen-bond donors (Lipinski definition) is 1. The van der Waals surface area contributed by atoms with Crippen molar-refractivity contribution in [1.29, 1.82) is 0 Å². The predicted octanol–water partition coefficient (Wildman–Crippen LogP) is 3.41. The number of thioether (sulfide) groups is 1. The molecule has 1 aromatic carbocycles. The first-order valence-corrected chi connectivity index (χ1v) is 6.90. The number of hydrogen-bond acceptors (Lipinski definition) is 4. The number of rotatable bonds is 4. The Kier molecular flexibility index (Phi) is 4.27. The predicted molar refractivity (Wildman–Crippen MR) is 76.4 cm³/mol. The van der Waals surface area contributed by atoms with Gasteiger partial charge in [0.2, 0.25) is 11.8 Å². The number of carbonyl (C=O) groups is 1. The van der Waals surface area contributed by atoms with Gasteiger partial charge in [-0.05, 0) is 32.9 Å². The van der Waals surface area contributed by atoms with E-state index in [0.717, 1.165) is 10.6 Å². The second-order valence-corrected chi connectivity index (χ2v) is 5.81. The summed E-state index contributed by atoms with van der Waals surface area (Å²) in [6, 6.07) is 9.78. The summed E-state index contributed by atoms with van der Waals surface area (Å²) in [7, 11) is 0. The number of nitrogens with zero attached hydrogens (tertiary/aromatic N) is 1. The zero-order valence-corrected chi connectivity index (χ0v) is 12.0. The average Bonchev–Trinajstić information content (AvgIpc) is 2.74. The number of nitrogens with one attached hydrogen (secondary N) is 1. The molecule has 2 rings (SSSR count). The quantitative estimate of drug-likeness (QED) is 0.869. The van der Waals surface area contributed by atoms with Crippen LogP contribution in [0.1, 0.15) is 18.2 Å². The van der Waals surface area contributed by atoms with Gasteiger partial charge in [0.25, 0.3) is 0 Å². The summed E-state index contributed by atoms with van der Waals surface area (Å²) in [4.78, 5) is 13.1. The molecule has 1 N–H and O–H groups in total. The van der Waals surface area contributed by atoms with Gasteiger partial charge in [0, 0.05) is 11.0 Å². The molecule has 0 saturated heterocycles. The Balaban J connectivity index is 1.96. The number of aromatic nitrogens is 1. The van der Waals surface area contributed by atoms with Crippen molar-refractivity contribution in [3.05, 3.63) is 41.6 Å². The maximum atomic E-state index is 12.0. The summed E-state index contributed by atoms with van der Waals surface area (Å²) in [6.07, 6.45) is 0. The van der Waals surface area contributed by atoms with Crippen molar-refractivity contribution in [2.45, 2.75) is 30.9 Å². The van der Waals surface area contributed by atoms with E-state index in [-0.39, 0.29) is 11.2 Å². The molecular formula is C14H16N2O2S. The van der Waals surface area contributed by atoms with Crippen molar-refractivity contribution in [3.8, 4) is 0 Å². The largest absolute Gasteiger partial charge is 0.338 e. The average molecular weight is 276 g/mol. The van der Waals surface area contributed by atoms with Crippen molar-refractivity contribution in [1.82, 2.24) is 5.16 Å². The van der Waals surface area contributed by atoms with Gasteiger partial charge in [0.15, 0.2) is 0 Å². The Morgan fingerprint density at radius 2 is 2.16 bits per heavy atom. The van der Waals surface area contributed by atoms with Gasteiger partial charge < -0.3 is 4.52 Å². The first-order valence-electron chi connectivity index (χ1n) is 6.02. The monoisotopic (exact) mass is 276 g/mol. The third-order valence-corrected chi connectivity index (χ3v) is 3.64. The molecule has 5 heteroatoms. The minimum atomic E-state index is -0.202. The SMILES string of the molecule is Cc1cccc(SC(C)C(=O)Nc2cc(C)no2)c1. The molecule has 0 fully saturated rings. The van der Waals surface area contributed by atoms with Gasteiger partial charge in [0.05, 0.1) is 10.9 Å². The standard InChI is InChI=1S/C14H16N2O2S/c1-9-5-4-6-12(7-9)19-11(3)14(17)15-13-8-10(2)16-18-13/h4-8,11H,1-3H3,(H,15,17). The van der Waals surface area contributed by atoms with E-state index in [1.54, 1.807) is 6.07 Å². The summed E-state index contributed by atoms with van der Waals surface area (Å²) in [5.41, 5.74) is 1.93. The molecular weight excluding hydrogens is 260 g/mol. The maximum absolute atomic E-state index is 12.0. The van der Waals surface area contributed by atoms with Gasteiger partial charge in [-0.15, -0.1) is 11.8 Å². The molecule has 100 valence electrons. The van der Waals surface area contributed by atoms with Crippen LogP contribution in [0.15, 0.2) is 39.8 Å². The Bertz CT molecular complexity index is 580. The molecule has 0 aliphatic rings. The summed E-state index contributed by atoms with van der Waals surface area (Å²) >= 11 is 1.52. The first kappa shape index (κ1) is 13.7. The fourth-order valence-electron chi connectivity index (χ4n) is 1.59. The van der Waals surface area contributed by atoms with Crippen LogP contribution in [0.3, 0.4) is 0 Å². The van der Waals surface area contributed by atoms with Crippen LogP contribution >= 0.6 is 11.8 Å². The molecule has 1 unspecified atom stereocenters. The highest BCUT2D eigenvalue weighted by Crippen LogP contribution is 2.24. The topological polar surface area (TPSA) is 55.1 Å². The van der Waals surface area contributed by atoms with E-state index >= 15 is 0 Å². The zero-order valence-electron chi connectivity index (χ0n) is 11.1. The molecule has 1 amide bonds. The minimum absolute atomic E-state index is 0.0948. The highest BCUT2D eigenvalue weighted by atomic mass is 32.2. The highest BCUT2D eigenvalue weighted by molar-refractivity contribution is 8.00. The van der Waals surface area contributed by atoms with Gasteiger partial charge in [-0.1, -0.05) is 22.9 Å². The molecule has 0 aliphatic carbocycles. The van der Waals surface area contributed by atoms with Crippen LogP contribution in [0.2, 0.25) is 0 Å². The van der Waals surface area contributed by atoms with E-state index in [9.17, 15) is 4.79 Å². The van der Waals surface area contributed by atoms with E-state index < -0.39 is 0 Å². The lowest BCUT2D eigenvalue weighted by atomic mass is 10.2. The zero-order chi connectivity index (χ0) is 13.8. The molecule has 1 heterocycles. The lowest BCUT2D eigenvalue weighted by molar-refractivity contribution is -0.115. The maximum Gasteiger partial charge on any atom is 0.239 e. The molecule has 0 spiro atoms. The summed E-state index contributed by atoms with van der Waals surface area (Å²) in [6.45, 7) is 5.71. The lowest BCUT2D eigenvalue weighted by Gasteiger charge is -2.10. The van der Waals surface area contributed by atoms with Crippen LogP contribution in [-0.2, 0) is 4.79 Å². The van der Waals surface area contributed by atoms with Crippen molar-refractivity contribution >= 4 is 23.6 Å². The minimum Gasteiger partial charge on any atom is -0.338 e. The summed E-state index contributed by atoms with van der Waals surface area (Å²) in [5, 5.41) is 6.23. The van der Waals surface area contributed by atoms with Gasteiger partial charge >= 0.3 is 0 Å². The number of carbonyl (C=O) groups excluding carboxylic acids is 1. The highest BCUT2D eigenvalue weighted by Gasteiger charge is 2.16. The van der Waals surface area contributed by atoms with Crippen molar-refractivity contribution in [3.63, 3.8) is 0 Å². The van der Waals surface area contributed by atoms with Gasteiger partial charge in [-0.3, -0.25) is 10.1 Å². The molecule has 19 heavy (non-hydrogen) atoms. The Morgan fingerprint density at radius 3 is 2.79 bits per heavy atom. The second-order valence-electron chi connectivity index (χ2n) is 4.40. The fourth-order valence-corrected chi connectivity index (χ4v) is 2.58. The number of amides is 1. The molecule has 1 atom stereocenters. The molecule has 0 bridgehead atoms. The van der Waals surface area contributed by atoms with Gasteiger partial charge in [-0.2, -0.15) is 0 Å². The van der Waals surface area contributed by atoms with Crippen LogP contribution in [0.25, 0.3) is 0 Å². The van der Waals surface area contributed by atoms with Gasteiger partial charge in [0.1, 0.15) is 0 Å². The van der Waals surface area contributed by atoms with E-state index in [1.807, 2.05) is 39.0 Å². The van der Waals surface area contributed by atoms with Crippen LogP contribution < -0.4 is 5.32 Å². The van der Waals surface area contributed by atoms with E-state index in [4.69, 9.17) is 4.52 Å². The lowest BCUT2D eigenvalue weighted by Crippen LogP contribution is -2.22. The molecule has 1 aromatic heterocycles. The molecule has 0 aliphatic heterocycles. The van der Waals surface area contributed by atoms with Crippen molar-refractivity contribution < 1.29 is 9.32 Å². The first-order chi connectivity index (χ1) is 9.04. The van der Waals surface area contributed by atoms with E-state index in [1.165, 1.54) is 17.3 Å². The normalized spacial score (nSPS) is 12.2. The molecule has 2 aromatic rings. The molecule has 0 saturated carbocycles. The third kappa shape index (κ3) is 3.86.